The van der Waals surface area contributed by atoms with E-state index in [4.69, 9.17) is 5.14 Å². The normalized spacial score (nSPS) is 18.3. The minimum Gasteiger partial charge on any atom is -0.310 e. The monoisotopic (exact) mass is 296 g/mol. The van der Waals surface area contributed by atoms with Crippen LogP contribution in [0.2, 0.25) is 0 Å². The Bertz CT molecular complexity index is 519. The molecule has 1 aromatic rings. The van der Waals surface area contributed by atoms with Crippen LogP contribution in [0, 0.1) is 5.92 Å². The topological polar surface area (TPSA) is 72.2 Å². The average Bonchev–Trinajstić information content (AvgIpc) is 2.91. The molecule has 0 saturated heterocycles. The van der Waals surface area contributed by atoms with Crippen molar-refractivity contribution in [2.75, 3.05) is 6.54 Å². The van der Waals surface area contributed by atoms with Crippen LogP contribution >= 0.6 is 0 Å². The maximum absolute atomic E-state index is 11.2. The molecule has 0 aliphatic heterocycles. The largest absolute Gasteiger partial charge is 0.310 e. The van der Waals surface area contributed by atoms with Gasteiger partial charge in [-0.25, -0.2) is 13.6 Å². The molecule has 1 aliphatic rings. The lowest BCUT2D eigenvalue weighted by atomic mass is 10.0. The first-order chi connectivity index (χ1) is 9.47. The van der Waals surface area contributed by atoms with Crippen LogP contribution in [-0.4, -0.2) is 15.0 Å². The van der Waals surface area contributed by atoms with E-state index in [1.807, 2.05) is 12.1 Å². The molecular formula is C15H24N2O2S. The second-order valence-electron chi connectivity index (χ2n) is 5.73. The highest BCUT2D eigenvalue weighted by Gasteiger charge is 2.15. The number of benzene rings is 1. The van der Waals surface area contributed by atoms with Gasteiger partial charge >= 0.3 is 0 Å². The summed E-state index contributed by atoms with van der Waals surface area (Å²) in [5.74, 6) is 0.888. The maximum atomic E-state index is 11.2. The number of hydrogen-bond acceptors (Lipinski definition) is 3. The highest BCUT2D eigenvalue weighted by Crippen LogP contribution is 2.27. The fourth-order valence-corrected chi connectivity index (χ4v) is 3.38. The number of nitrogens with one attached hydrogen (secondary N) is 1. The van der Waals surface area contributed by atoms with Crippen LogP contribution in [0.4, 0.5) is 0 Å². The lowest BCUT2D eigenvalue weighted by molar-refractivity contribution is 0.455. The van der Waals surface area contributed by atoms with E-state index < -0.39 is 10.0 Å². The van der Waals surface area contributed by atoms with Crippen molar-refractivity contribution in [3.63, 3.8) is 0 Å². The fraction of sp³-hybridized carbons (Fsp3) is 0.600. The Morgan fingerprint density at radius 3 is 2.40 bits per heavy atom. The van der Waals surface area contributed by atoms with E-state index in [1.54, 1.807) is 12.1 Å². The minimum atomic E-state index is -3.59. The summed E-state index contributed by atoms with van der Waals surface area (Å²) in [6, 6.07) is 7.02. The van der Waals surface area contributed by atoms with Crippen molar-refractivity contribution in [3.8, 4) is 0 Å². The van der Waals surface area contributed by atoms with Gasteiger partial charge in [0.2, 0.25) is 10.0 Å². The lowest BCUT2D eigenvalue weighted by Crippen LogP contribution is -2.21. The van der Waals surface area contributed by atoms with Crippen LogP contribution in [-0.2, 0) is 10.0 Å². The van der Waals surface area contributed by atoms with Gasteiger partial charge in [0.1, 0.15) is 0 Å². The number of rotatable bonds is 6. The van der Waals surface area contributed by atoms with Gasteiger partial charge in [-0.05, 0) is 43.5 Å². The van der Waals surface area contributed by atoms with Gasteiger partial charge in [-0.1, -0.05) is 37.8 Å². The van der Waals surface area contributed by atoms with Gasteiger partial charge in [-0.2, -0.15) is 0 Å². The lowest BCUT2D eigenvalue weighted by Gasteiger charge is -2.16. The predicted octanol–water partition coefficient (Wildman–Crippen LogP) is 2.56. The summed E-state index contributed by atoms with van der Waals surface area (Å²) in [5, 5.41) is 8.59. The van der Waals surface area contributed by atoms with Crippen molar-refractivity contribution < 1.29 is 8.42 Å². The smallest absolute Gasteiger partial charge is 0.238 e. The van der Waals surface area contributed by atoms with Gasteiger partial charge in [0.05, 0.1) is 4.90 Å². The zero-order chi connectivity index (χ0) is 14.6. The molecule has 20 heavy (non-hydrogen) atoms. The number of sulfonamides is 1. The molecule has 1 saturated carbocycles. The Hall–Kier alpha value is -0.910. The molecule has 0 aromatic heterocycles. The molecule has 0 bridgehead atoms. The molecule has 2 rings (SSSR count). The summed E-state index contributed by atoms with van der Waals surface area (Å²) >= 11 is 0. The van der Waals surface area contributed by atoms with Crippen molar-refractivity contribution in [2.45, 2.75) is 50.0 Å². The van der Waals surface area contributed by atoms with Crippen molar-refractivity contribution in [1.82, 2.24) is 5.32 Å². The number of hydrogen-bond donors (Lipinski definition) is 2. The zero-order valence-corrected chi connectivity index (χ0v) is 12.8. The Kier molecular flexibility index (Phi) is 5.18. The van der Waals surface area contributed by atoms with Gasteiger partial charge in [0.15, 0.2) is 0 Å². The van der Waals surface area contributed by atoms with Crippen molar-refractivity contribution in [3.05, 3.63) is 29.8 Å². The van der Waals surface area contributed by atoms with E-state index in [0.29, 0.717) is 0 Å². The summed E-state index contributed by atoms with van der Waals surface area (Å²) in [4.78, 5) is 0.166. The molecule has 4 nitrogen and oxygen atoms in total. The quantitative estimate of drug-likeness (QED) is 0.847. The first kappa shape index (κ1) is 15.5. The third-order valence-corrected chi connectivity index (χ3v) is 5.12. The van der Waals surface area contributed by atoms with Gasteiger partial charge in [0.25, 0.3) is 0 Å². The predicted molar refractivity (Wildman–Crippen MR) is 80.8 cm³/mol. The van der Waals surface area contributed by atoms with Crippen LogP contribution in [0.15, 0.2) is 29.2 Å². The van der Waals surface area contributed by atoms with Gasteiger partial charge in [-0.3, -0.25) is 0 Å². The summed E-state index contributed by atoms with van der Waals surface area (Å²) in [6.07, 6.45) is 6.75. The van der Waals surface area contributed by atoms with E-state index >= 15 is 0 Å². The van der Waals surface area contributed by atoms with Gasteiger partial charge in [-0.15, -0.1) is 0 Å². The first-order valence-corrected chi connectivity index (χ1v) is 8.87. The molecule has 1 atom stereocenters. The molecule has 3 N–H and O–H groups in total. The standard InChI is InChI=1S/C15H24N2O2S/c1-12(17-11-10-13-4-2-3-5-13)14-6-8-15(9-7-14)20(16,18)19/h6-9,12-13,17H,2-5,10-11H2,1H3,(H2,16,18,19). The van der Waals surface area contributed by atoms with Crippen LogP contribution in [0.1, 0.15) is 50.6 Å². The van der Waals surface area contributed by atoms with Crippen molar-refractivity contribution in [2.24, 2.45) is 11.1 Å². The highest BCUT2D eigenvalue weighted by molar-refractivity contribution is 7.89. The molecule has 1 aromatic carbocycles. The molecule has 0 radical (unpaired) electrons. The molecule has 1 unspecified atom stereocenters. The second-order valence-corrected chi connectivity index (χ2v) is 7.29. The highest BCUT2D eigenvalue weighted by atomic mass is 32.2. The number of primary sulfonamides is 1. The summed E-state index contributed by atoms with van der Waals surface area (Å²) in [5.41, 5.74) is 1.09. The molecule has 0 spiro atoms. The molecule has 112 valence electrons. The SMILES string of the molecule is CC(NCCC1CCCC1)c1ccc(S(N)(=O)=O)cc1. The third-order valence-electron chi connectivity index (χ3n) is 4.19. The van der Waals surface area contributed by atoms with Gasteiger partial charge < -0.3 is 5.32 Å². The maximum Gasteiger partial charge on any atom is 0.238 e. The number of nitrogens with two attached hydrogens (primary N) is 1. The van der Waals surface area contributed by atoms with Crippen LogP contribution in [0.3, 0.4) is 0 Å². The molecule has 1 fully saturated rings. The zero-order valence-electron chi connectivity index (χ0n) is 12.0. The van der Waals surface area contributed by atoms with E-state index in [9.17, 15) is 8.42 Å². The molecular weight excluding hydrogens is 272 g/mol. The Labute approximate surface area is 121 Å². The second kappa shape index (κ2) is 6.70. The van der Waals surface area contributed by atoms with Crippen LogP contribution in [0.25, 0.3) is 0 Å². The summed E-state index contributed by atoms with van der Waals surface area (Å²) < 4.78 is 22.4. The van der Waals surface area contributed by atoms with E-state index in [1.165, 1.54) is 32.1 Å². The average molecular weight is 296 g/mol. The summed E-state index contributed by atoms with van der Waals surface area (Å²) in [7, 11) is -3.59. The van der Waals surface area contributed by atoms with Crippen LogP contribution < -0.4 is 10.5 Å². The van der Waals surface area contributed by atoms with Gasteiger partial charge in [0, 0.05) is 6.04 Å². The molecule has 0 amide bonds. The van der Waals surface area contributed by atoms with Crippen LogP contribution in [0.5, 0.6) is 0 Å². The first-order valence-electron chi connectivity index (χ1n) is 7.33. The fourth-order valence-electron chi connectivity index (χ4n) is 2.87. The van der Waals surface area contributed by atoms with Crippen molar-refractivity contribution in [1.29, 1.82) is 0 Å². The van der Waals surface area contributed by atoms with E-state index in [-0.39, 0.29) is 10.9 Å². The minimum absolute atomic E-state index is 0.166. The third kappa shape index (κ3) is 4.30. The summed E-state index contributed by atoms with van der Waals surface area (Å²) in [6.45, 7) is 3.11. The van der Waals surface area contributed by atoms with E-state index in [0.717, 1.165) is 18.0 Å². The molecule has 1 aliphatic carbocycles. The Balaban J connectivity index is 1.84. The Morgan fingerprint density at radius 2 is 1.85 bits per heavy atom. The Morgan fingerprint density at radius 1 is 1.25 bits per heavy atom. The molecule has 0 heterocycles. The molecule has 5 heteroatoms. The van der Waals surface area contributed by atoms with Crippen molar-refractivity contribution >= 4 is 10.0 Å². The van der Waals surface area contributed by atoms with E-state index in [2.05, 4.69) is 12.2 Å².